The number of benzene rings is 2. The van der Waals surface area contributed by atoms with Crippen molar-refractivity contribution in [3.05, 3.63) is 76.0 Å². The third-order valence-corrected chi connectivity index (χ3v) is 7.21. The number of amides is 2. The summed E-state index contributed by atoms with van der Waals surface area (Å²) in [5.74, 6) is 1.11. The molecule has 1 N–H and O–H groups in total. The zero-order valence-corrected chi connectivity index (χ0v) is 19.1. The molecule has 3 aromatic rings. The monoisotopic (exact) mass is 452 g/mol. The first-order valence-corrected chi connectivity index (χ1v) is 11.9. The van der Waals surface area contributed by atoms with Gasteiger partial charge in [0.1, 0.15) is 5.75 Å². The third kappa shape index (κ3) is 5.11. The van der Waals surface area contributed by atoms with E-state index in [1.807, 2.05) is 47.4 Å². The number of carbonyl (C=O) groups is 2. The highest BCUT2D eigenvalue weighted by molar-refractivity contribution is 8.00. The molecule has 0 saturated carbocycles. The summed E-state index contributed by atoms with van der Waals surface area (Å²) in [5.41, 5.74) is 2.32. The number of hydrogen-bond donors (Lipinski definition) is 1. The molecule has 31 heavy (non-hydrogen) atoms. The van der Waals surface area contributed by atoms with Gasteiger partial charge in [0.25, 0.3) is 5.91 Å². The van der Waals surface area contributed by atoms with E-state index in [-0.39, 0.29) is 17.9 Å². The zero-order valence-electron chi connectivity index (χ0n) is 17.5. The maximum absolute atomic E-state index is 13.6. The number of thioether (sulfide) groups is 1. The van der Waals surface area contributed by atoms with E-state index in [0.717, 1.165) is 22.6 Å². The van der Waals surface area contributed by atoms with Gasteiger partial charge in [0, 0.05) is 34.3 Å². The van der Waals surface area contributed by atoms with E-state index in [9.17, 15) is 9.59 Å². The lowest BCUT2D eigenvalue weighted by Crippen LogP contribution is -2.39. The summed E-state index contributed by atoms with van der Waals surface area (Å²) in [6.07, 6.45) is 0.789. The molecule has 2 amide bonds. The Labute approximate surface area is 190 Å². The molecule has 0 saturated heterocycles. The highest BCUT2D eigenvalue weighted by atomic mass is 32.2. The average molecular weight is 453 g/mol. The molecule has 1 aromatic heterocycles. The molecular weight excluding hydrogens is 428 g/mol. The Kier molecular flexibility index (Phi) is 6.63. The lowest BCUT2D eigenvalue weighted by molar-refractivity contribution is -0.113. The smallest absolute Gasteiger partial charge is 0.254 e. The first kappa shape index (κ1) is 21.5. The van der Waals surface area contributed by atoms with Gasteiger partial charge in [-0.3, -0.25) is 9.59 Å². The lowest BCUT2D eigenvalue weighted by Gasteiger charge is -2.30. The zero-order chi connectivity index (χ0) is 21.8. The summed E-state index contributed by atoms with van der Waals surface area (Å²) in [6.45, 7) is 2.57. The van der Waals surface area contributed by atoms with Gasteiger partial charge in [0.2, 0.25) is 5.91 Å². The molecule has 0 radical (unpaired) electrons. The molecule has 0 fully saturated rings. The number of rotatable bonds is 7. The topological polar surface area (TPSA) is 58.6 Å². The molecule has 0 aliphatic carbocycles. The van der Waals surface area contributed by atoms with Crippen LogP contribution < -0.4 is 10.1 Å². The van der Waals surface area contributed by atoms with Crippen LogP contribution in [-0.4, -0.2) is 35.6 Å². The van der Waals surface area contributed by atoms with Crippen molar-refractivity contribution in [3.8, 4) is 5.75 Å². The van der Waals surface area contributed by atoms with Crippen molar-refractivity contribution in [3.63, 3.8) is 0 Å². The van der Waals surface area contributed by atoms with Crippen molar-refractivity contribution in [2.75, 3.05) is 18.2 Å². The number of thiophene rings is 1. The average Bonchev–Trinajstić information content (AvgIpc) is 3.29. The second-order valence-electron chi connectivity index (χ2n) is 7.46. The van der Waals surface area contributed by atoms with Crippen LogP contribution in [0.5, 0.6) is 5.75 Å². The van der Waals surface area contributed by atoms with Gasteiger partial charge in [0.15, 0.2) is 0 Å². The van der Waals surface area contributed by atoms with Gasteiger partial charge >= 0.3 is 0 Å². The number of nitrogens with zero attached hydrogens (tertiary/aromatic N) is 1. The van der Waals surface area contributed by atoms with Gasteiger partial charge in [-0.15, -0.1) is 23.1 Å². The second kappa shape index (κ2) is 9.58. The van der Waals surface area contributed by atoms with Crippen molar-refractivity contribution in [2.45, 2.75) is 30.8 Å². The Bertz CT molecular complexity index is 1060. The minimum absolute atomic E-state index is 0.00764. The summed E-state index contributed by atoms with van der Waals surface area (Å²) in [7, 11) is 1.64. The SMILES string of the molecule is COc1ccc(CN(C(=O)c2ccc3c(c2)NC(=O)CS3)[C@@H](C)Cc2cccs2)cc1. The number of ether oxygens (including phenoxy) is 1. The molecule has 0 spiro atoms. The van der Waals surface area contributed by atoms with Gasteiger partial charge in [-0.25, -0.2) is 0 Å². The van der Waals surface area contributed by atoms with E-state index in [2.05, 4.69) is 23.7 Å². The molecule has 7 heteroatoms. The highest BCUT2D eigenvalue weighted by Crippen LogP contribution is 2.32. The van der Waals surface area contributed by atoms with Crippen LogP contribution in [0.25, 0.3) is 0 Å². The molecule has 4 rings (SSSR count). The summed E-state index contributed by atoms with van der Waals surface area (Å²) in [5, 5.41) is 4.94. The molecule has 160 valence electrons. The quantitative estimate of drug-likeness (QED) is 0.543. The number of anilines is 1. The predicted octanol–water partition coefficient (Wildman–Crippen LogP) is 5.07. The Morgan fingerprint density at radius 1 is 1.19 bits per heavy atom. The minimum atomic E-state index is -0.0486. The molecule has 1 aliphatic rings. The fourth-order valence-corrected chi connectivity index (χ4v) is 5.18. The van der Waals surface area contributed by atoms with E-state index in [1.165, 1.54) is 16.6 Å². The second-order valence-corrected chi connectivity index (χ2v) is 9.51. The number of hydrogen-bond acceptors (Lipinski definition) is 5. The molecule has 0 bridgehead atoms. The van der Waals surface area contributed by atoms with Crippen molar-refractivity contribution < 1.29 is 14.3 Å². The molecule has 1 atom stereocenters. The first-order valence-electron chi connectivity index (χ1n) is 10.1. The van der Waals surface area contributed by atoms with Gasteiger partial charge in [0.05, 0.1) is 18.6 Å². The van der Waals surface area contributed by atoms with Crippen LogP contribution in [0, 0.1) is 0 Å². The first-order chi connectivity index (χ1) is 15.0. The van der Waals surface area contributed by atoms with Crippen LogP contribution in [0.3, 0.4) is 0 Å². The predicted molar refractivity (Wildman–Crippen MR) is 126 cm³/mol. The maximum atomic E-state index is 13.6. The van der Waals surface area contributed by atoms with Crippen molar-refractivity contribution in [1.29, 1.82) is 0 Å². The van der Waals surface area contributed by atoms with Gasteiger partial charge in [-0.05, 0) is 54.3 Å². The van der Waals surface area contributed by atoms with Gasteiger partial charge < -0.3 is 15.0 Å². The minimum Gasteiger partial charge on any atom is -0.497 e. The largest absolute Gasteiger partial charge is 0.497 e. The molecule has 2 heterocycles. The van der Waals surface area contributed by atoms with Crippen LogP contribution in [0.1, 0.15) is 27.7 Å². The molecule has 2 aromatic carbocycles. The maximum Gasteiger partial charge on any atom is 0.254 e. The van der Waals surface area contributed by atoms with Crippen molar-refractivity contribution >= 4 is 40.6 Å². The number of nitrogens with one attached hydrogen (secondary N) is 1. The fourth-order valence-electron chi connectivity index (χ4n) is 3.57. The van der Waals surface area contributed by atoms with E-state index < -0.39 is 0 Å². The number of fused-ring (bicyclic) bond motifs is 1. The van der Waals surface area contributed by atoms with E-state index >= 15 is 0 Å². The number of carbonyl (C=O) groups excluding carboxylic acids is 2. The summed E-state index contributed by atoms with van der Waals surface area (Å²) < 4.78 is 5.25. The van der Waals surface area contributed by atoms with Crippen LogP contribution in [0.4, 0.5) is 5.69 Å². The third-order valence-electron chi connectivity index (χ3n) is 5.24. The lowest BCUT2D eigenvalue weighted by atomic mass is 10.1. The highest BCUT2D eigenvalue weighted by Gasteiger charge is 2.24. The molecule has 1 aliphatic heterocycles. The van der Waals surface area contributed by atoms with Crippen molar-refractivity contribution in [2.24, 2.45) is 0 Å². The van der Waals surface area contributed by atoms with Gasteiger partial charge in [-0.2, -0.15) is 0 Å². The summed E-state index contributed by atoms with van der Waals surface area (Å²) in [6, 6.07) is 17.5. The summed E-state index contributed by atoms with van der Waals surface area (Å²) >= 11 is 3.19. The Balaban J connectivity index is 1.61. The molecule has 0 unspecified atom stereocenters. The van der Waals surface area contributed by atoms with Crippen LogP contribution in [-0.2, 0) is 17.8 Å². The summed E-state index contributed by atoms with van der Waals surface area (Å²) in [4.78, 5) is 29.5. The number of methoxy groups -OCH3 is 1. The van der Waals surface area contributed by atoms with Crippen molar-refractivity contribution in [1.82, 2.24) is 4.90 Å². The standard InChI is InChI=1S/C24H24N2O3S2/c1-16(12-20-4-3-11-30-20)26(14-17-5-8-19(29-2)9-6-17)24(28)18-7-10-22-21(13-18)25-23(27)15-31-22/h3-11,13,16H,12,14-15H2,1-2H3,(H,25,27)/t16-/m0/s1. The Hall–Kier alpha value is -2.77. The fraction of sp³-hybridized carbons (Fsp3) is 0.250. The Morgan fingerprint density at radius 3 is 2.71 bits per heavy atom. The Morgan fingerprint density at radius 2 is 2.00 bits per heavy atom. The normalized spacial score (nSPS) is 13.8. The van der Waals surface area contributed by atoms with Gasteiger partial charge in [-0.1, -0.05) is 18.2 Å². The van der Waals surface area contributed by atoms with Crippen LogP contribution >= 0.6 is 23.1 Å². The molecule has 5 nitrogen and oxygen atoms in total. The van der Waals surface area contributed by atoms with E-state index in [1.54, 1.807) is 24.5 Å². The van der Waals surface area contributed by atoms with E-state index in [0.29, 0.717) is 23.5 Å². The van der Waals surface area contributed by atoms with Crippen LogP contribution in [0.2, 0.25) is 0 Å². The van der Waals surface area contributed by atoms with Crippen LogP contribution in [0.15, 0.2) is 64.9 Å². The van der Waals surface area contributed by atoms with E-state index in [4.69, 9.17) is 4.74 Å². The molecular formula is C24H24N2O3S2.